The van der Waals surface area contributed by atoms with E-state index in [0.29, 0.717) is 0 Å². The van der Waals surface area contributed by atoms with E-state index in [1.54, 1.807) is 0 Å². The quantitative estimate of drug-likeness (QED) is 0.909. The van der Waals surface area contributed by atoms with Gasteiger partial charge < -0.3 is 5.73 Å². The molecule has 1 aromatic carbocycles. The van der Waals surface area contributed by atoms with Crippen molar-refractivity contribution in [2.45, 2.75) is 40.2 Å². The van der Waals surface area contributed by atoms with Crippen LogP contribution >= 0.6 is 0 Å². The molecule has 0 spiro atoms. The van der Waals surface area contributed by atoms with Gasteiger partial charge in [0, 0.05) is 18.4 Å². The summed E-state index contributed by atoms with van der Waals surface area (Å²) in [5, 5.41) is 0. The standard InChI is InChI=1S/C17H22N2/c1-11-7-13(3)15(14(4)8-11)9-17(18)16-10-19-6-5-12(16)2/h5-8,10,17H,9,18H2,1-4H3. The SMILES string of the molecule is Cc1cc(C)c(CC(N)c2cnccc2C)c(C)c1. The van der Waals surface area contributed by atoms with Crippen molar-refractivity contribution in [1.29, 1.82) is 0 Å². The molecule has 2 nitrogen and oxygen atoms in total. The van der Waals surface area contributed by atoms with Crippen molar-refractivity contribution < 1.29 is 0 Å². The molecule has 19 heavy (non-hydrogen) atoms. The average molecular weight is 254 g/mol. The van der Waals surface area contributed by atoms with Crippen LogP contribution in [-0.4, -0.2) is 4.98 Å². The number of rotatable bonds is 3. The average Bonchev–Trinajstić information content (AvgIpc) is 2.34. The molecule has 1 atom stereocenters. The van der Waals surface area contributed by atoms with Crippen molar-refractivity contribution in [3.8, 4) is 0 Å². The number of benzene rings is 1. The number of nitrogens with two attached hydrogens (primary N) is 1. The van der Waals surface area contributed by atoms with E-state index < -0.39 is 0 Å². The number of hydrogen-bond acceptors (Lipinski definition) is 2. The largest absolute Gasteiger partial charge is 0.324 e. The maximum absolute atomic E-state index is 6.36. The lowest BCUT2D eigenvalue weighted by atomic mass is 9.91. The molecule has 0 radical (unpaired) electrons. The Balaban J connectivity index is 2.29. The van der Waals surface area contributed by atoms with Gasteiger partial charge in [0.2, 0.25) is 0 Å². The van der Waals surface area contributed by atoms with Crippen LogP contribution < -0.4 is 5.73 Å². The predicted octanol–water partition coefficient (Wildman–Crippen LogP) is 3.56. The van der Waals surface area contributed by atoms with E-state index in [9.17, 15) is 0 Å². The van der Waals surface area contributed by atoms with E-state index in [0.717, 1.165) is 12.0 Å². The van der Waals surface area contributed by atoms with Gasteiger partial charge in [0.15, 0.2) is 0 Å². The van der Waals surface area contributed by atoms with Crippen molar-refractivity contribution >= 4 is 0 Å². The summed E-state index contributed by atoms with van der Waals surface area (Å²) in [6.45, 7) is 8.55. The summed E-state index contributed by atoms with van der Waals surface area (Å²) in [6.07, 6.45) is 4.57. The summed E-state index contributed by atoms with van der Waals surface area (Å²) in [7, 11) is 0. The molecule has 0 fully saturated rings. The lowest BCUT2D eigenvalue weighted by Gasteiger charge is -2.18. The summed E-state index contributed by atoms with van der Waals surface area (Å²) in [5.74, 6) is 0. The summed E-state index contributed by atoms with van der Waals surface area (Å²) >= 11 is 0. The minimum Gasteiger partial charge on any atom is -0.324 e. The van der Waals surface area contributed by atoms with Crippen LogP contribution in [0.1, 0.15) is 39.4 Å². The smallest absolute Gasteiger partial charge is 0.0353 e. The second kappa shape index (κ2) is 5.54. The minimum absolute atomic E-state index is 0.00815. The van der Waals surface area contributed by atoms with E-state index >= 15 is 0 Å². The maximum Gasteiger partial charge on any atom is 0.0353 e. The van der Waals surface area contributed by atoms with Crippen molar-refractivity contribution in [2.24, 2.45) is 5.73 Å². The molecule has 100 valence electrons. The van der Waals surface area contributed by atoms with Crippen molar-refractivity contribution in [2.75, 3.05) is 0 Å². The van der Waals surface area contributed by atoms with Crippen LogP contribution in [-0.2, 0) is 6.42 Å². The molecular formula is C17H22N2. The number of aryl methyl sites for hydroxylation is 4. The van der Waals surface area contributed by atoms with Gasteiger partial charge in [-0.3, -0.25) is 4.98 Å². The molecule has 0 saturated heterocycles. The Morgan fingerprint density at radius 3 is 2.26 bits per heavy atom. The zero-order valence-electron chi connectivity index (χ0n) is 12.2. The lowest BCUT2D eigenvalue weighted by molar-refractivity contribution is 0.706. The van der Waals surface area contributed by atoms with Gasteiger partial charge in [0.05, 0.1) is 0 Å². The fourth-order valence-corrected chi connectivity index (χ4v) is 2.73. The topological polar surface area (TPSA) is 38.9 Å². The molecule has 0 bridgehead atoms. The van der Waals surface area contributed by atoms with Crippen molar-refractivity contribution in [1.82, 2.24) is 4.98 Å². The van der Waals surface area contributed by atoms with Gasteiger partial charge in [-0.15, -0.1) is 0 Å². The van der Waals surface area contributed by atoms with Crippen LogP contribution in [0, 0.1) is 27.7 Å². The third kappa shape index (κ3) is 3.02. The highest BCUT2D eigenvalue weighted by Gasteiger charge is 2.13. The van der Waals surface area contributed by atoms with Crippen LogP contribution in [0.3, 0.4) is 0 Å². The van der Waals surface area contributed by atoms with Crippen LogP contribution in [0.25, 0.3) is 0 Å². The second-order valence-corrected chi connectivity index (χ2v) is 5.42. The summed E-state index contributed by atoms with van der Waals surface area (Å²) in [6, 6.07) is 6.48. The van der Waals surface area contributed by atoms with Gasteiger partial charge in [-0.05, 0) is 68.0 Å². The second-order valence-electron chi connectivity index (χ2n) is 5.42. The van der Waals surface area contributed by atoms with E-state index in [1.807, 2.05) is 18.5 Å². The van der Waals surface area contributed by atoms with Crippen LogP contribution in [0.15, 0.2) is 30.6 Å². The molecule has 1 unspecified atom stereocenters. The van der Waals surface area contributed by atoms with Gasteiger partial charge in [0.25, 0.3) is 0 Å². The van der Waals surface area contributed by atoms with E-state index in [1.165, 1.54) is 27.8 Å². The van der Waals surface area contributed by atoms with Gasteiger partial charge in [-0.2, -0.15) is 0 Å². The molecule has 2 aromatic rings. The zero-order valence-corrected chi connectivity index (χ0v) is 12.2. The number of hydrogen-bond donors (Lipinski definition) is 1. The van der Waals surface area contributed by atoms with Gasteiger partial charge in [0.1, 0.15) is 0 Å². The highest BCUT2D eigenvalue weighted by molar-refractivity contribution is 5.39. The first kappa shape index (κ1) is 13.8. The van der Waals surface area contributed by atoms with Crippen molar-refractivity contribution in [3.63, 3.8) is 0 Å². The summed E-state index contributed by atoms with van der Waals surface area (Å²) < 4.78 is 0. The van der Waals surface area contributed by atoms with Crippen molar-refractivity contribution in [3.05, 3.63) is 64.0 Å². The number of aromatic nitrogens is 1. The Morgan fingerprint density at radius 2 is 1.68 bits per heavy atom. The van der Waals surface area contributed by atoms with Crippen LogP contribution in [0.4, 0.5) is 0 Å². The molecule has 2 heteroatoms. The fraction of sp³-hybridized carbons (Fsp3) is 0.353. The number of pyridine rings is 1. The van der Waals surface area contributed by atoms with Gasteiger partial charge >= 0.3 is 0 Å². The Bertz CT molecular complexity index is 565. The highest BCUT2D eigenvalue weighted by atomic mass is 14.7. The molecule has 2 N–H and O–H groups in total. The molecular weight excluding hydrogens is 232 g/mol. The number of nitrogens with zero attached hydrogens (tertiary/aromatic N) is 1. The third-order valence-corrected chi connectivity index (χ3v) is 3.74. The Hall–Kier alpha value is -1.67. The molecule has 2 rings (SSSR count). The monoisotopic (exact) mass is 254 g/mol. The van der Waals surface area contributed by atoms with E-state index in [4.69, 9.17) is 5.73 Å². The molecule has 0 saturated carbocycles. The van der Waals surface area contributed by atoms with Gasteiger partial charge in [-0.25, -0.2) is 0 Å². The zero-order chi connectivity index (χ0) is 14.0. The highest BCUT2D eigenvalue weighted by Crippen LogP contribution is 2.23. The first-order valence-corrected chi connectivity index (χ1v) is 6.72. The van der Waals surface area contributed by atoms with Crippen LogP contribution in [0.2, 0.25) is 0 Å². The third-order valence-electron chi connectivity index (χ3n) is 3.74. The molecule has 0 aliphatic rings. The first-order valence-electron chi connectivity index (χ1n) is 6.72. The van der Waals surface area contributed by atoms with Crippen LogP contribution in [0.5, 0.6) is 0 Å². The van der Waals surface area contributed by atoms with E-state index in [2.05, 4.69) is 44.8 Å². The predicted molar refractivity (Wildman–Crippen MR) is 80.3 cm³/mol. The molecule has 0 amide bonds. The Kier molecular flexibility index (Phi) is 4.01. The lowest BCUT2D eigenvalue weighted by Crippen LogP contribution is -2.16. The molecule has 1 heterocycles. The first-order chi connectivity index (χ1) is 8.99. The molecule has 0 aliphatic carbocycles. The normalized spacial score (nSPS) is 12.5. The maximum atomic E-state index is 6.36. The summed E-state index contributed by atoms with van der Waals surface area (Å²) in [4.78, 5) is 4.19. The Morgan fingerprint density at radius 1 is 1.05 bits per heavy atom. The summed E-state index contributed by atoms with van der Waals surface area (Å²) in [5.41, 5.74) is 14.0. The molecule has 1 aromatic heterocycles. The molecule has 0 aliphatic heterocycles. The fourth-order valence-electron chi connectivity index (χ4n) is 2.73. The Labute approximate surface area is 115 Å². The van der Waals surface area contributed by atoms with E-state index in [-0.39, 0.29) is 6.04 Å². The van der Waals surface area contributed by atoms with Gasteiger partial charge in [-0.1, -0.05) is 17.7 Å². The minimum atomic E-state index is 0.00815.